The van der Waals surface area contributed by atoms with Gasteiger partial charge < -0.3 is 10.6 Å². The van der Waals surface area contributed by atoms with E-state index in [-0.39, 0.29) is 0 Å². The average Bonchev–Trinajstić information content (AvgIpc) is 2.23. The summed E-state index contributed by atoms with van der Waals surface area (Å²) in [6.45, 7) is 8.51. The Hall–Kier alpha value is -0.860. The van der Waals surface area contributed by atoms with Crippen molar-refractivity contribution in [1.29, 1.82) is 0 Å². The molecule has 2 heteroatoms. The van der Waals surface area contributed by atoms with Gasteiger partial charge in [-0.15, -0.1) is 0 Å². The predicted molar refractivity (Wildman–Crippen MR) is 66.3 cm³/mol. The fourth-order valence-electron chi connectivity index (χ4n) is 1.58. The minimum absolute atomic E-state index is 1.06. The normalized spacial score (nSPS) is 10.5. The van der Waals surface area contributed by atoms with E-state index in [0.29, 0.717) is 0 Å². The molecule has 0 aliphatic heterocycles. The summed E-state index contributed by atoms with van der Waals surface area (Å²) in [6.07, 6.45) is 1.12. The molecular formula is C13H22N2. The monoisotopic (exact) mass is 206 g/mol. The largest absolute Gasteiger partial charge is 0.316 e. The number of hydrogen-bond donors (Lipinski definition) is 2. The Kier molecular flexibility index (Phi) is 6.05. The fourth-order valence-corrected chi connectivity index (χ4v) is 1.58. The second-order valence-corrected chi connectivity index (χ2v) is 3.84. The molecule has 0 saturated heterocycles. The summed E-state index contributed by atoms with van der Waals surface area (Å²) in [5.41, 5.74) is 2.77. The van der Waals surface area contributed by atoms with Crippen LogP contribution in [0.5, 0.6) is 0 Å². The van der Waals surface area contributed by atoms with Gasteiger partial charge in [-0.1, -0.05) is 36.8 Å². The molecule has 0 unspecified atom stereocenters. The van der Waals surface area contributed by atoms with Gasteiger partial charge in [-0.25, -0.2) is 0 Å². The van der Waals surface area contributed by atoms with Crippen molar-refractivity contribution < 1.29 is 0 Å². The van der Waals surface area contributed by atoms with Gasteiger partial charge in [-0.05, 0) is 32.0 Å². The number of likely N-dealkylation sites (N-methyl/N-ethyl adjacent to an activating group) is 1. The Labute approximate surface area is 93.1 Å². The highest BCUT2D eigenvalue weighted by atomic mass is 14.9. The van der Waals surface area contributed by atoms with E-state index in [1.165, 1.54) is 11.1 Å². The minimum Gasteiger partial charge on any atom is -0.316 e. The molecule has 0 spiro atoms. The lowest BCUT2D eigenvalue weighted by atomic mass is 10.1. The van der Waals surface area contributed by atoms with Crippen molar-refractivity contribution in [1.82, 2.24) is 10.6 Å². The third kappa shape index (κ3) is 5.55. The summed E-state index contributed by atoms with van der Waals surface area (Å²) in [7, 11) is 0. The van der Waals surface area contributed by atoms with Crippen molar-refractivity contribution in [3.05, 3.63) is 35.4 Å². The van der Waals surface area contributed by atoms with Crippen LogP contribution in [0, 0.1) is 6.92 Å². The van der Waals surface area contributed by atoms with E-state index in [2.05, 4.69) is 48.7 Å². The van der Waals surface area contributed by atoms with Crippen molar-refractivity contribution >= 4 is 0 Å². The first-order valence-corrected chi connectivity index (χ1v) is 5.80. The molecule has 0 aliphatic carbocycles. The van der Waals surface area contributed by atoms with Gasteiger partial charge in [0.25, 0.3) is 0 Å². The maximum atomic E-state index is 3.43. The molecule has 0 aliphatic rings. The minimum atomic E-state index is 1.06. The van der Waals surface area contributed by atoms with E-state index in [1.54, 1.807) is 0 Å². The third-order valence-electron chi connectivity index (χ3n) is 2.40. The molecule has 0 aromatic heterocycles. The van der Waals surface area contributed by atoms with Gasteiger partial charge in [0.1, 0.15) is 0 Å². The molecular weight excluding hydrogens is 184 g/mol. The van der Waals surface area contributed by atoms with Gasteiger partial charge in [0.05, 0.1) is 0 Å². The van der Waals surface area contributed by atoms with Crippen LogP contribution in [0.15, 0.2) is 24.3 Å². The van der Waals surface area contributed by atoms with Gasteiger partial charge >= 0.3 is 0 Å². The van der Waals surface area contributed by atoms with Gasteiger partial charge in [0, 0.05) is 13.1 Å². The van der Waals surface area contributed by atoms with Gasteiger partial charge in [-0.3, -0.25) is 0 Å². The summed E-state index contributed by atoms with van der Waals surface area (Å²) >= 11 is 0. The summed E-state index contributed by atoms with van der Waals surface area (Å²) in [5.74, 6) is 0. The van der Waals surface area contributed by atoms with E-state index < -0.39 is 0 Å². The second kappa shape index (κ2) is 7.43. The van der Waals surface area contributed by atoms with E-state index in [1.807, 2.05) is 0 Å². The number of rotatable bonds is 7. The molecule has 1 rings (SSSR count). The lowest BCUT2D eigenvalue weighted by molar-refractivity contribution is 0.624. The maximum absolute atomic E-state index is 3.43. The van der Waals surface area contributed by atoms with Crippen LogP contribution < -0.4 is 10.6 Å². The second-order valence-electron chi connectivity index (χ2n) is 3.84. The molecule has 0 heterocycles. The molecule has 1 aromatic rings. The lowest BCUT2D eigenvalue weighted by Crippen LogP contribution is -2.28. The molecule has 15 heavy (non-hydrogen) atoms. The molecule has 2 nitrogen and oxygen atoms in total. The Morgan fingerprint density at radius 2 is 1.87 bits per heavy atom. The first kappa shape index (κ1) is 12.2. The van der Waals surface area contributed by atoms with E-state index in [0.717, 1.165) is 32.6 Å². The Morgan fingerprint density at radius 3 is 2.60 bits per heavy atom. The first-order valence-electron chi connectivity index (χ1n) is 5.80. The summed E-state index contributed by atoms with van der Waals surface area (Å²) in [6, 6.07) is 8.72. The summed E-state index contributed by atoms with van der Waals surface area (Å²) < 4.78 is 0. The van der Waals surface area contributed by atoms with Crippen molar-refractivity contribution in [2.75, 3.05) is 26.2 Å². The molecule has 0 amide bonds. The zero-order valence-electron chi connectivity index (χ0n) is 9.84. The molecule has 0 saturated carbocycles. The number of aryl methyl sites for hydroxylation is 1. The third-order valence-corrected chi connectivity index (χ3v) is 2.40. The molecule has 0 atom stereocenters. The van der Waals surface area contributed by atoms with Crippen LogP contribution in [-0.4, -0.2) is 26.2 Å². The Morgan fingerprint density at radius 1 is 1.07 bits per heavy atom. The summed E-state index contributed by atoms with van der Waals surface area (Å²) in [4.78, 5) is 0. The molecule has 0 fully saturated rings. The highest BCUT2D eigenvalue weighted by molar-refractivity contribution is 5.22. The fraction of sp³-hybridized carbons (Fsp3) is 0.538. The van der Waals surface area contributed by atoms with Crippen LogP contribution in [0.4, 0.5) is 0 Å². The van der Waals surface area contributed by atoms with Crippen molar-refractivity contribution in [2.45, 2.75) is 20.3 Å². The van der Waals surface area contributed by atoms with Crippen molar-refractivity contribution in [3.63, 3.8) is 0 Å². The van der Waals surface area contributed by atoms with E-state index >= 15 is 0 Å². The van der Waals surface area contributed by atoms with Crippen molar-refractivity contribution in [2.24, 2.45) is 0 Å². The highest BCUT2D eigenvalue weighted by Gasteiger charge is 1.92. The van der Waals surface area contributed by atoms with E-state index in [9.17, 15) is 0 Å². The van der Waals surface area contributed by atoms with Gasteiger partial charge in [0.15, 0.2) is 0 Å². The molecule has 0 bridgehead atoms. The lowest BCUT2D eigenvalue weighted by Gasteiger charge is -2.05. The average molecular weight is 206 g/mol. The Bertz CT molecular complexity index is 271. The quantitative estimate of drug-likeness (QED) is 0.664. The number of hydrogen-bond acceptors (Lipinski definition) is 2. The smallest absolute Gasteiger partial charge is 0.00768 e. The van der Waals surface area contributed by atoms with E-state index in [4.69, 9.17) is 0 Å². The van der Waals surface area contributed by atoms with Gasteiger partial charge in [-0.2, -0.15) is 0 Å². The standard InChI is InChI=1S/C13H22N2/c1-3-14-9-10-15-8-7-13-6-4-5-12(2)11-13/h4-6,11,14-15H,3,7-10H2,1-2H3. The molecule has 0 radical (unpaired) electrons. The number of nitrogens with one attached hydrogen (secondary N) is 2. The first-order chi connectivity index (χ1) is 7.33. The zero-order chi connectivity index (χ0) is 10.9. The van der Waals surface area contributed by atoms with Crippen LogP contribution in [0.25, 0.3) is 0 Å². The number of benzene rings is 1. The van der Waals surface area contributed by atoms with Crippen LogP contribution in [0.1, 0.15) is 18.1 Å². The van der Waals surface area contributed by atoms with Crippen LogP contribution in [0.3, 0.4) is 0 Å². The van der Waals surface area contributed by atoms with Gasteiger partial charge in [0.2, 0.25) is 0 Å². The van der Waals surface area contributed by atoms with Crippen molar-refractivity contribution in [3.8, 4) is 0 Å². The van der Waals surface area contributed by atoms with Crippen LogP contribution >= 0.6 is 0 Å². The zero-order valence-corrected chi connectivity index (χ0v) is 9.84. The Balaban J connectivity index is 2.10. The molecule has 1 aromatic carbocycles. The predicted octanol–water partition coefficient (Wildman–Crippen LogP) is 1.74. The topological polar surface area (TPSA) is 24.1 Å². The van der Waals surface area contributed by atoms with Crippen LogP contribution in [0.2, 0.25) is 0 Å². The highest BCUT2D eigenvalue weighted by Crippen LogP contribution is 2.03. The molecule has 84 valence electrons. The molecule has 2 N–H and O–H groups in total. The van der Waals surface area contributed by atoms with Crippen LogP contribution in [-0.2, 0) is 6.42 Å². The maximum Gasteiger partial charge on any atom is 0.00768 e. The SMILES string of the molecule is CCNCCNCCc1cccc(C)c1. The summed E-state index contributed by atoms with van der Waals surface area (Å²) in [5, 5.41) is 6.72.